The van der Waals surface area contributed by atoms with Gasteiger partial charge < -0.3 is 14.8 Å². The van der Waals surface area contributed by atoms with E-state index in [0.29, 0.717) is 46.8 Å². The molecule has 0 aromatic heterocycles. The SMILES string of the molecule is CNc1ccc2c(c1OC=O)C[C@@H](C)N(CC(F)(F)F)C2c1ccc(Br)cc1OC. The van der Waals surface area contributed by atoms with Gasteiger partial charge in [-0.05, 0) is 37.1 Å². The summed E-state index contributed by atoms with van der Waals surface area (Å²) in [6.45, 7) is 0.997. The summed E-state index contributed by atoms with van der Waals surface area (Å²) >= 11 is 3.38. The van der Waals surface area contributed by atoms with E-state index in [1.807, 2.05) is 0 Å². The van der Waals surface area contributed by atoms with Gasteiger partial charge in [0.15, 0.2) is 5.75 Å². The van der Waals surface area contributed by atoms with Gasteiger partial charge in [-0.1, -0.05) is 28.1 Å². The highest BCUT2D eigenvalue weighted by Crippen LogP contribution is 2.47. The van der Waals surface area contributed by atoms with Gasteiger partial charge in [0.05, 0.1) is 25.4 Å². The first-order valence-electron chi connectivity index (χ1n) is 9.30. The molecule has 2 aromatic carbocycles. The van der Waals surface area contributed by atoms with E-state index < -0.39 is 24.8 Å². The van der Waals surface area contributed by atoms with E-state index in [1.165, 1.54) is 12.0 Å². The molecule has 5 nitrogen and oxygen atoms in total. The van der Waals surface area contributed by atoms with E-state index in [2.05, 4.69) is 21.2 Å². The molecular weight excluding hydrogens is 465 g/mol. The van der Waals surface area contributed by atoms with E-state index in [4.69, 9.17) is 9.47 Å². The molecule has 2 aromatic rings. The van der Waals surface area contributed by atoms with Crippen molar-refractivity contribution in [2.24, 2.45) is 0 Å². The number of fused-ring (bicyclic) bond motifs is 1. The summed E-state index contributed by atoms with van der Waals surface area (Å²) in [7, 11) is 3.18. The molecule has 1 aliphatic rings. The van der Waals surface area contributed by atoms with Gasteiger partial charge in [0, 0.05) is 28.7 Å². The second-order valence-corrected chi connectivity index (χ2v) is 8.02. The molecule has 0 amide bonds. The maximum Gasteiger partial charge on any atom is 0.401 e. The highest BCUT2D eigenvalue weighted by Gasteiger charge is 2.42. The predicted molar refractivity (Wildman–Crippen MR) is 111 cm³/mol. The third-order valence-corrected chi connectivity index (χ3v) is 5.77. The van der Waals surface area contributed by atoms with Crippen LogP contribution < -0.4 is 14.8 Å². The molecule has 162 valence electrons. The summed E-state index contributed by atoms with van der Waals surface area (Å²) in [5.74, 6) is 0.807. The molecule has 30 heavy (non-hydrogen) atoms. The topological polar surface area (TPSA) is 50.8 Å². The number of alkyl halides is 3. The zero-order valence-corrected chi connectivity index (χ0v) is 18.3. The zero-order valence-electron chi connectivity index (χ0n) is 16.7. The van der Waals surface area contributed by atoms with Gasteiger partial charge in [-0.3, -0.25) is 9.69 Å². The van der Waals surface area contributed by atoms with E-state index in [1.54, 1.807) is 44.3 Å². The Morgan fingerprint density at radius 3 is 2.57 bits per heavy atom. The van der Waals surface area contributed by atoms with Gasteiger partial charge in [-0.15, -0.1) is 0 Å². The molecule has 2 atom stereocenters. The number of halogens is 4. The first kappa shape index (κ1) is 22.4. The largest absolute Gasteiger partial charge is 0.496 e. The monoisotopic (exact) mass is 486 g/mol. The third-order valence-electron chi connectivity index (χ3n) is 5.28. The van der Waals surface area contributed by atoms with Crippen molar-refractivity contribution in [3.05, 3.63) is 51.5 Å². The lowest BCUT2D eigenvalue weighted by molar-refractivity contribution is -0.155. The molecule has 1 unspecified atom stereocenters. The number of nitrogens with one attached hydrogen (secondary N) is 1. The van der Waals surface area contributed by atoms with Crippen LogP contribution in [0.5, 0.6) is 11.5 Å². The molecule has 0 saturated carbocycles. The van der Waals surface area contributed by atoms with Crippen molar-refractivity contribution in [3.8, 4) is 11.5 Å². The first-order valence-corrected chi connectivity index (χ1v) is 10.1. The Morgan fingerprint density at radius 2 is 1.97 bits per heavy atom. The number of hydrogen-bond donors (Lipinski definition) is 1. The number of rotatable bonds is 6. The summed E-state index contributed by atoms with van der Waals surface area (Å²) in [6.07, 6.45) is -4.07. The van der Waals surface area contributed by atoms with Crippen molar-refractivity contribution in [3.63, 3.8) is 0 Å². The van der Waals surface area contributed by atoms with Crippen LogP contribution >= 0.6 is 15.9 Å². The lowest BCUT2D eigenvalue weighted by Crippen LogP contribution is -2.47. The molecule has 0 saturated heterocycles. The average Bonchev–Trinajstić information content (AvgIpc) is 2.68. The zero-order chi connectivity index (χ0) is 22.1. The van der Waals surface area contributed by atoms with Crippen molar-refractivity contribution in [1.82, 2.24) is 4.90 Å². The standard InChI is InChI=1S/C21H22BrF3N2O3/c1-12-8-16-14(6-7-17(26-2)20(16)30-11-28)19(27(12)10-21(23,24)25)15-5-4-13(22)9-18(15)29-3/h4-7,9,11-12,19,26H,8,10H2,1-3H3/t12-,19?/m1/s1. The number of ether oxygens (including phenoxy) is 2. The summed E-state index contributed by atoms with van der Waals surface area (Å²) in [5, 5.41) is 2.97. The first-order chi connectivity index (χ1) is 14.2. The Balaban J connectivity index is 2.26. The quantitative estimate of drug-likeness (QED) is 0.586. The molecule has 0 bridgehead atoms. The molecule has 3 rings (SSSR count). The summed E-state index contributed by atoms with van der Waals surface area (Å²) in [5.41, 5.74) is 2.55. The summed E-state index contributed by atoms with van der Waals surface area (Å²) in [4.78, 5) is 12.5. The Labute approximate surface area is 181 Å². The number of anilines is 1. The summed E-state index contributed by atoms with van der Waals surface area (Å²) in [6, 6.07) is 7.55. The van der Waals surface area contributed by atoms with Crippen molar-refractivity contribution in [2.75, 3.05) is 26.0 Å². The Morgan fingerprint density at radius 1 is 1.27 bits per heavy atom. The smallest absolute Gasteiger partial charge is 0.401 e. The fourth-order valence-electron chi connectivity index (χ4n) is 4.05. The van der Waals surface area contributed by atoms with Crippen LogP contribution in [0.1, 0.15) is 29.7 Å². The number of benzene rings is 2. The van der Waals surface area contributed by atoms with E-state index in [0.717, 1.165) is 4.47 Å². The molecular formula is C21H22BrF3N2O3. The molecule has 0 aliphatic carbocycles. The van der Waals surface area contributed by atoms with Crippen molar-refractivity contribution >= 4 is 28.1 Å². The number of carbonyl (C=O) groups excluding carboxylic acids is 1. The van der Waals surface area contributed by atoms with Crippen LogP contribution in [0.2, 0.25) is 0 Å². The van der Waals surface area contributed by atoms with Crippen molar-refractivity contribution < 1.29 is 27.4 Å². The minimum atomic E-state index is -4.38. The lowest BCUT2D eigenvalue weighted by atomic mass is 9.83. The van der Waals surface area contributed by atoms with Crippen molar-refractivity contribution in [1.29, 1.82) is 0 Å². The minimum Gasteiger partial charge on any atom is -0.496 e. The molecule has 0 spiro atoms. The van der Waals surface area contributed by atoms with Crippen LogP contribution in [-0.2, 0) is 11.2 Å². The second-order valence-electron chi connectivity index (χ2n) is 7.10. The average molecular weight is 487 g/mol. The van der Waals surface area contributed by atoms with Crippen molar-refractivity contribution in [2.45, 2.75) is 31.6 Å². The van der Waals surface area contributed by atoms with Crippen LogP contribution in [-0.4, -0.2) is 44.3 Å². The molecule has 1 aliphatic heterocycles. The maximum absolute atomic E-state index is 13.5. The fourth-order valence-corrected chi connectivity index (χ4v) is 4.39. The molecule has 1 N–H and O–H groups in total. The number of carbonyl (C=O) groups is 1. The van der Waals surface area contributed by atoms with E-state index >= 15 is 0 Å². The Bertz CT molecular complexity index is 936. The number of methoxy groups -OCH3 is 1. The molecule has 1 heterocycles. The van der Waals surface area contributed by atoms with Crippen LogP contribution in [0.3, 0.4) is 0 Å². The normalized spacial score (nSPS) is 19.2. The van der Waals surface area contributed by atoms with Gasteiger partial charge in [-0.25, -0.2) is 0 Å². The second kappa shape index (κ2) is 8.85. The lowest BCUT2D eigenvalue weighted by Gasteiger charge is -2.43. The molecule has 0 radical (unpaired) electrons. The maximum atomic E-state index is 13.5. The predicted octanol–water partition coefficient (Wildman–Crippen LogP) is 4.93. The van der Waals surface area contributed by atoms with Gasteiger partial charge in [-0.2, -0.15) is 13.2 Å². The van der Waals surface area contributed by atoms with Crippen LogP contribution in [0.25, 0.3) is 0 Å². The Hall–Kier alpha value is -2.26. The van der Waals surface area contributed by atoms with Crippen LogP contribution in [0.4, 0.5) is 18.9 Å². The van der Waals surface area contributed by atoms with E-state index in [9.17, 15) is 18.0 Å². The Kier molecular flexibility index (Phi) is 6.62. The van der Waals surface area contributed by atoms with Gasteiger partial charge in [0.25, 0.3) is 6.47 Å². The minimum absolute atomic E-state index is 0.305. The summed E-state index contributed by atoms with van der Waals surface area (Å²) < 4.78 is 51.9. The molecule has 0 fully saturated rings. The number of nitrogens with zero attached hydrogens (tertiary/aromatic N) is 1. The van der Waals surface area contributed by atoms with Gasteiger partial charge >= 0.3 is 6.18 Å². The van der Waals surface area contributed by atoms with Crippen LogP contribution in [0, 0.1) is 0 Å². The highest BCUT2D eigenvalue weighted by molar-refractivity contribution is 9.10. The fraction of sp³-hybridized carbons (Fsp3) is 0.381. The highest BCUT2D eigenvalue weighted by atomic mass is 79.9. The van der Waals surface area contributed by atoms with E-state index in [-0.39, 0.29) is 0 Å². The van der Waals surface area contributed by atoms with Gasteiger partial charge in [0.2, 0.25) is 0 Å². The van der Waals surface area contributed by atoms with Crippen LogP contribution in [0.15, 0.2) is 34.8 Å². The number of hydrogen-bond acceptors (Lipinski definition) is 5. The third kappa shape index (κ3) is 4.41. The molecule has 9 heteroatoms. The van der Waals surface area contributed by atoms with Gasteiger partial charge in [0.1, 0.15) is 5.75 Å².